The third kappa shape index (κ3) is 4.42. The fourth-order valence-corrected chi connectivity index (χ4v) is 2.43. The first kappa shape index (κ1) is 15.2. The Hall–Kier alpha value is -0.870. The summed E-state index contributed by atoms with van der Waals surface area (Å²) in [6.45, 7) is 8.18. The maximum atomic E-state index is 5.20. The Kier molecular flexibility index (Phi) is 6.36. The molecule has 1 heterocycles. The summed E-state index contributed by atoms with van der Waals surface area (Å²) in [6.07, 6.45) is 2.15. The smallest absolute Gasteiger partial charge is 0.0596 e. The van der Waals surface area contributed by atoms with Gasteiger partial charge in [-0.2, -0.15) is 5.10 Å². The van der Waals surface area contributed by atoms with Crippen LogP contribution >= 0.6 is 0 Å². The lowest BCUT2D eigenvalue weighted by molar-refractivity contribution is 0.149. The predicted octanol–water partition coefficient (Wildman–Crippen LogP) is 2.01. The SMILES string of the molecule is CCn1nc(C)cc1CC(CC(C)COC)NC. The molecular formula is C14H27N3O. The minimum Gasteiger partial charge on any atom is -0.384 e. The number of nitrogens with zero attached hydrogens (tertiary/aromatic N) is 2. The predicted molar refractivity (Wildman–Crippen MR) is 74.8 cm³/mol. The number of rotatable bonds is 8. The maximum absolute atomic E-state index is 5.20. The first-order valence-electron chi connectivity index (χ1n) is 6.80. The Morgan fingerprint density at radius 1 is 1.50 bits per heavy atom. The third-order valence-electron chi connectivity index (χ3n) is 3.29. The van der Waals surface area contributed by atoms with E-state index < -0.39 is 0 Å². The normalized spacial score (nSPS) is 14.7. The summed E-state index contributed by atoms with van der Waals surface area (Å²) in [4.78, 5) is 0. The second kappa shape index (κ2) is 7.54. The van der Waals surface area contributed by atoms with E-state index in [1.807, 2.05) is 7.05 Å². The van der Waals surface area contributed by atoms with Crippen molar-refractivity contribution >= 4 is 0 Å². The van der Waals surface area contributed by atoms with E-state index in [1.165, 1.54) is 5.69 Å². The molecule has 0 aromatic carbocycles. The molecule has 0 fully saturated rings. The Morgan fingerprint density at radius 3 is 2.78 bits per heavy atom. The van der Waals surface area contributed by atoms with Gasteiger partial charge < -0.3 is 10.1 Å². The first-order valence-corrected chi connectivity index (χ1v) is 6.80. The van der Waals surface area contributed by atoms with Crippen LogP contribution in [0, 0.1) is 12.8 Å². The molecule has 0 radical (unpaired) electrons. The Morgan fingerprint density at radius 2 is 2.22 bits per heavy atom. The van der Waals surface area contributed by atoms with E-state index in [4.69, 9.17) is 4.74 Å². The fraction of sp³-hybridized carbons (Fsp3) is 0.786. The number of likely N-dealkylation sites (N-methyl/N-ethyl adjacent to an activating group) is 1. The van der Waals surface area contributed by atoms with Gasteiger partial charge in [0.05, 0.1) is 5.69 Å². The van der Waals surface area contributed by atoms with Crippen molar-refractivity contribution in [2.45, 2.75) is 46.2 Å². The quantitative estimate of drug-likeness (QED) is 0.770. The van der Waals surface area contributed by atoms with Crippen LogP contribution in [0.2, 0.25) is 0 Å². The van der Waals surface area contributed by atoms with Gasteiger partial charge in [0.25, 0.3) is 0 Å². The minimum absolute atomic E-state index is 0.483. The lowest BCUT2D eigenvalue weighted by atomic mass is 9.99. The van der Waals surface area contributed by atoms with E-state index in [2.05, 4.69) is 41.9 Å². The van der Waals surface area contributed by atoms with Gasteiger partial charge in [-0.15, -0.1) is 0 Å². The molecule has 104 valence electrons. The van der Waals surface area contributed by atoms with Crippen molar-refractivity contribution in [2.75, 3.05) is 20.8 Å². The van der Waals surface area contributed by atoms with Gasteiger partial charge in [-0.1, -0.05) is 6.92 Å². The molecule has 2 unspecified atom stereocenters. The monoisotopic (exact) mass is 253 g/mol. The summed E-state index contributed by atoms with van der Waals surface area (Å²) >= 11 is 0. The number of aryl methyl sites for hydroxylation is 2. The number of nitrogens with one attached hydrogen (secondary N) is 1. The van der Waals surface area contributed by atoms with Crippen LogP contribution in [-0.2, 0) is 17.7 Å². The van der Waals surface area contributed by atoms with Crippen LogP contribution in [-0.4, -0.2) is 36.6 Å². The molecule has 0 amide bonds. The summed E-state index contributed by atoms with van der Waals surface area (Å²) in [5, 5.41) is 7.90. The summed E-state index contributed by atoms with van der Waals surface area (Å²) in [5.74, 6) is 0.576. The maximum Gasteiger partial charge on any atom is 0.0596 e. The molecule has 4 heteroatoms. The summed E-state index contributed by atoms with van der Waals surface area (Å²) in [5.41, 5.74) is 2.42. The second-order valence-corrected chi connectivity index (χ2v) is 5.08. The topological polar surface area (TPSA) is 39.1 Å². The first-order chi connectivity index (χ1) is 8.60. The molecule has 1 aromatic rings. The van der Waals surface area contributed by atoms with Crippen molar-refractivity contribution in [1.29, 1.82) is 0 Å². The number of aromatic nitrogens is 2. The van der Waals surface area contributed by atoms with Gasteiger partial charge in [0.1, 0.15) is 0 Å². The van der Waals surface area contributed by atoms with Crippen LogP contribution < -0.4 is 5.32 Å². The van der Waals surface area contributed by atoms with E-state index in [0.717, 1.165) is 31.7 Å². The van der Waals surface area contributed by atoms with Crippen molar-refractivity contribution in [1.82, 2.24) is 15.1 Å². The molecule has 18 heavy (non-hydrogen) atoms. The van der Waals surface area contributed by atoms with E-state index in [1.54, 1.807) is 7.11 Å². The molecule has 4 nitrogen and oxygen atoms in total. The van der Waals surface area contributed by atoms with E-state index in [9.17, 15) is 0 Å². The molecule has 0 aliphatic carbocycles. The summed E-state index contributed by atoms with van der Waals surface area (Å²) < 4.78 is 7.30. The molecule has 1 rings (SSSR count). The fourth-order valence-electron chi connectivity index (χ4n) is 2.43. The van der Waals surface area contributed by atoms with E-state index >= 15 is 0 Å². The number of methoxy groups -OCH3 is 1. The third-order valence-corrected chi connectivity index (χ3v) is 3.29. The van der Waals surface area contributed by atoms with Crippen LogP contribution in [0.1, 0.15) is 31.7 Å². The highest BCUT2D eigenvalue weighted by atomic mass is 16.5. The van der Waals surface area contributed by atoms with Gasteiger partial charge in [-0.25, -0.2) is 0 Å². The molecule has 0 bridgehead atoms. The Labute approximate surface area is 111 Å². The van der Waals surface area contributed by atoms with Gasteiger partial charge >= 0.3 is 0 Å². The molecule has 0 spiro atoms. The number of hydrogen-bond donors (Lipinski definition) is 1. The number of ether oxygens (including phenoxy) is 1. The van der Waals surface area contributed by atoms with Gasteiger partial charge in [0.2, 0.25) is 0 Å². The molecule has 2 atom stereocenters. The lowest BCUT2D eigenvalue weighted by Crippen LogP contribution is -2.31. The van der Waals surface area contributed by atoms with Gasteiger partial charge in [-0.3, -0.25) is 4.68 Å². The minimum atomic E-state index is 0.483. The molecule has 0 aliphatic heterocycles. The largest absolute Gasteiger partial charge is 0.384 e. The summed E-state index contributed by atoms with van der Waals surface area (Å²) in [6, 6.07) is 2.67. The van der Waals surface area contributed by atoms with Crippen LogP contribution in [0.25, 0.3) is 0 Å². The van der Waals surface area contributed by atoms with Gasteiger partial charge in [0.15, 0.2) is 0 Å². The zero-order valence-electron chi connectivity index (χ0n) is 12.4. The van der Waals surface area contributed by atoms with Crippen molar-refractivity contribution in [2.24, 2.45) is 5.92 Å². The van der Waals surface area contributed by atoms with Gasteiger partial charge in [0, 0.05) is 38.4 Å². The number of hydrogen-bond acceptors (Lipinski definition) is 3. The van der Waals surface area contributed by atoms with Crippen LogP contribution in [0.15, 0.2) is 6.07 Å². The average molecular weight is 253 g/mol. The van der Waals surface area contributed by atoms with Crippen molar-refractivity contribution < 1.29 is 4.74 Å². The zero-order chi connectivity index (χ0) is 13.5. The van der Waals surface area contributed by atoms with E-state index in [0.29, 0.717) is 12.0 Å². The van der Waals surface area contributed by atoms with Crippen LogP contribution in [0.3, 0.4) is 0 Å². The van der Waals surface area contributed by atoms with Gasteiger partial charge in [-0.05, 0) is 39.3 Å². The Balaban J connectivity index is 2.61. The molecular weight excluding hydrogens is 226 g/mol. The summed E-state index contributed by atoms with van der Waals surface area (Å²) in [7, 11) is 3.80. The molecule has 1 N–H and O–H groups in total. The molecule has 0 saturated heterocycles. The average Bonchev–Trinajstić information content (AvgIpc) is 2.68. The highest BCUT2D eigenvalue weighted by Gasteiger charge is 2.15. The highest BCUT2D eigenvalue weighted by Crippen LogP contribution is 2.13. The van der Waals surface area contributed by atoms with Crippen molar-refractivity contribution in [3.05, 3.63) is 17.5 Å². The molecule has 1 aromatic heterocycles. The zero-order valence-corrected chi connectivity index (χ0v) is 12.4. The van der Waals surface area contributed by atoms with Crippen LogP contribution in [0.4, 0.5) is 0 Å². The van der Waals surface area contributed by atoms with Crippen molar-refractivity contribution in [3.8, 4) is 0 Å². The standard InChI is InChI=1S/C14H27N3O/c1-6-17-14(8-12(3)16-17)9-13(15-4)7-11(2)10-18-5/h8,11,13,15H,6-7,9-10H2,1-5H3. The second-order valence-electron chi connectivity index (χ2n) is 5.08. The lowest BCUT2D eigenvalue weighted by Gasteiger charge is -2.20. The van der Waals surface area contributed by atoms with E-state index in [-0.39, 0.29) is 0 Å². The highest BCUT2D eigenvalue weighted by molar-refractivity contribution is 5.10. The van der Waals surface area contributed by atoms with Crippen LogP contribution in [0.5, 0.6) is 0 Å². The van der Waals surface area contributed by atoms with Crippen molar-refractivity contribution in [3.63, 3.8) is 0 Å². The molecule has 0 aliphatic rings. The molecule has 0 saturated carbocycles. The Bertz CT molecular complexity index is 349.